The molecule has 0 fully saturated rings. The molecule has 0 radical (unpaired) electrons. The van der Waals surface area contributed by atoms with E-state index in [2.05, 4.69) is 0 Å². The summed E-state index contributed by atoms with van der Waals surface area (Å²) in [6.07, 6.45) is 2.61. The van der Waals surface area contributed by atoms with Gasteiger partial charge in [0.05, 0.1) is 0 Å². The lowest BCUT2D eigenvalue weighted by Crippen LogP contribution is -2.25. The lowest BCUT2D eigenvalue weighted by Gasteiger charge is -2.06. The highest BCUT2D eigenvalue weighted by molar-refractivity contribution is 5.85. The molecule has 3 N–H and O–H groups in total. The second kappa shape index (κ2) is 7.77. The van der Waals surface area contributed by atoms with Crippen LogP contribution in [0.2, 0.25) is 0 Å². The van der Waals surface area contributed by atoms with E-state index >= 15 is 0 Å². The molecule has 2 aromatic rings. The number of ether oxygens (including phenoxy) is 1. The zero-order chi connectivity index (χ0) is 16.7. The number of benzene rings is 2. The highest BCUT2D eigenvalue weighted by atomic mass is 16.5. The Morgan fingerprint density at radius 1 is 1.00 bits per heavy atom. The van der Waals surface area contributed by atoms with E-state index in [1.807, 2.05) is 36.4 Å². The second-order valence-electron chi connectivity index (χ2n) is 4.64. The fourth-order valence-corrected chi connectivity index (χ4v) is 1.88. The van der Waals surface area contributed by atoms with E-state index in [1.165, 1.54) is 11.6 Å². The van der Waals surface area contributed by atoms with Crippen molar-refractivity contribution >= 4 is 18.0 Å². The first-order chi connectivity index (χ1) is 11.1. The molecule has 0 aliphatic rings. The normalized spacial score (nSPS) is 10.5. The summed E-state index contributed by atoms with van der Waals surface area (Å²) in [6.45, 7) is -0.263. The van der Waals surface area contributed by atoms with Gasteiger partial charge in [0.25, 0.3) is 5.91 Å². The number of carbonyl (C=O) groups excluding carboxylic acids is 1. The molecule has 0 heterocycles. The third-order valence-corrected chi connectivity index (χ3v) is 3.01. The van der Waals surface area contributed by atoms with Gasteiger partial charge >= 0.3 is 5.97 Å². The minimum Gasteiger partial charge on any atom is -0.484 e. The van der Waals surface area contributed by atoms with Crippen molar-refractivity contribution in [1.82, 2.24) is 5.48 Å². The van der Waals surface area contributed by atoms with Crippen molar-refractivity contribution in [3.63, 3.8) is 0 Å². The summed E-state index contributed by atoms with van der Waals surface area (Å²) in [5.41, 5.74) is 4.21. The zero-order valence-corrected chi connectivity index (χ0v) is 12.1. The molecule has 23 heavy (non-hydrogen) atoms. The van der Waals surface area contributed by atoms with E-state index in [0.717, 1.165) is 22.8 Å². The van der Waals surface area contributed by atoms with Gasteiger partial charge in [-0.2, -0.15) is 0 Å². The van der Waals surface area contributed by atoms with Crippen molar-refractivity contribution < 1.29 is 24.6 Å². The summed E-state index contributed by atoms with van der Waals surface area (Å²) in [7, 11) is 0. The lowest BCUT2D eigenvalue weighted by molar-refractivity contribution is -0.132. The minimum absolute atomic E-state index is 0.263. The Balaban J connectivity index is 2.04. The van der Waals surface area contributed by atoms with E-state index in [4.69, 9.17) is 15.1 Å². The Morgan fingerprint density at radius 2 is 1.57 bits per heavy atom. The van der Waals surface area contributed by atoms with Gasteiger partial charge in [0.15, 0.2) is 6.61 Å². The molecule has 1 amide bonds. The quantitative estimate of drug-likeness (QED) is 0.432. The summed E-state index contributed by atoms with van der Waals surface area (Å²) < 4.78 is 5.19. The van der Waals surface area contributed by atoms with Crippen molar-refractivity contribution in [2.45, 2.75) is 0 Å². The molecule has 2 aromatic carbocycles. The molecule has 0 aromatic heterocycles. The van der Waals surface area contributed by atoms with Gasteiger partial charge in [-0.3, -0.25) is 10.0 Å². The number of rotatable bonds is 6. The molecule has 0 spiro atoms. The lowest BCUT2D eigenvalue weighted by atomic mass is 10.0. The highest BCUT2D eigenvalue weighted by Crippen LogP contribution is 2.23. The van der Waals surface area contributed by atoms with E-state index in [1.54, 1.807) is 12.1 Å². The number of amides is 1. The van der Waals surface area contributed by atoms with Crippen molar-refractivity contribution in [2.24, 2.45) is 0 Å². The van der Waals surface area contributed by atoms with E-state index in [9.17, 15) is 9.59 Å². The first kappa shape index (κ1) is 16.3. The van der Waals surface area contributed by atoms with Crippen LogP contribution in [0.5, 0.6) is 5.75 Å². The Labute approximate surface area is 132 Å². The van der Waals surface area contributed by atoms with Gasteiger partial charge in [0.1, 0.15) is 5.75 Å². The molecule has 0 saturated carbocycles. The molecule has 0 aliphatic carbocycles. The Morgan fingerprint density at radius 3 is 2.09 bits per heavy atom. The molecule has 0 unspecified atom stereocenters. The van der Waals surface area contributed by atoms with Crippen LogP contribution in [-0.4, -0.2) is 28.8 Å². The minimum atomic E-state index is -0.987. The Bertz CT molecular complexity index is 705. The van der Waals surface area contributed by atoms with Crippen LogP contribution in [0.3, 0.4) is 0 Å². The monoisotopic (exact) mass is 313 g/mol. The molecule has 6 nitrogen and oxygen atoms in total. The third-order valence-electron chi connectivity index (χ3n) is 3.01. The molecule has 2 rings (SSSR count). The number of carboxylic acids is 1. The van der Waals surface area contributed by atoms with Gasteiger partial charge in [-0.05, 0) is 34.9 Å². The van der Waals surface area contributed by atoms with Gasteiger partial charge in [-0.1, -0.05) is 36.4 Å². The number of carboxylic acid groups (broad SMARTS) is 1. The average molecular weight is 313 g/mol. The van der Waals surface area contributed by atoms with Gasteiger partial charge in [0.2, 0.25) is 0 Å². The van der Waals surface area contributed by atoms with E-state index in [-0.39, 0.29) is 6.61 Å². The summed E-state index contributed by atoms with van der Waals surface area (Å²) >= 11 is 0. The standard InChI is InChI=1S/C17H15NO5/c19-16(18-22)11-23-15-8-6-14(7-9-15)13-4-1-12(2-5-13)3-10-17(20)21/h1-10,22H,11H2,(H,18,19)(H,20,21)/b10-3+. The third kappa shape index (κ3) is 4.98. The Hall–Kier alpha value is -3.12. The van der Waals surface area contributed by atoms with Crippen LogP contribution in [0.25, 0.3) is 17.2 Å². The number of hydrogen-bond donors (Lipinski definition) is 3. The van der Waals surface area contributed by atoms with Crippen LogP contribution in [0.4, 0.5) is 0 Å². The molecule has 0 saturated heterocycles. The van der Waals surface area contributed by atoms with Gasteiger partial charge in [-0.25, -0.2) is 10.3 Å². The van der Waals surface area contributed by atoms with Crippen LogP contribution < -0.4 is 10.2 Å². The van der Waals surface area contributed by atoms with Gasteiger partial charge < -0.3 is 9.84 Å². The molecule has 0 atom stereocenters. The molecular formula is C17H15NO5. The van der Waals surface area contributed by atoms with Crippen molar-refractivity contribution in [3.05, 3.63) is 60.2 Å². The number of aliphatic carboxylic acids is 1. The molecule has 6 heteroatoms. The maximum Gasteiger partial charge on any atom is 0.328 e. The topological polar surface area (TPSA) is 95.9 Å². The number of carbonyl (C=O) groups is 2. The first-order valence-corrected chi connectivity index (χ1v) is 6.76. The predicted octanol–water partition coefficient (Wildman–Crippen LogP) is 2.34. The van der Waals surface area contributed by atoms with Crippen molar-refractivity contribution in [3.8, 4) is 16.9 Å². The smallest absolute Gasteiger partial charge is 0.328 e. The van der Waals surface area contributed by atoms with Crippen LogP contribution in [-0.2, 0) is 9.59 Å². The SMILES string of the molecule is O=C(O)/C=C/c1ccc(-c2ccc(OCC(=O)NO)cc2)cc1. The fraction of sp³-hybridized carbons (Fsp3) is 0.0588. The number of hydroxylamine groups is 1. The second-order valence-corrected chi connectivity index (χ2v) is 4.64. The van der Waals surface area contributed by atoms with Crippen LogP contribution >= 0.6 is 0 Å². The number of hydrogen-bond acceptors (Lipinski definition) is 4. The van der Waals surface area contributed by atoms with Crippen molar-refractivity contribution in [1.29, 1.82) is 0 Å². The van der Waals surface area contributed by atoms with Crippen LogP contribution in [0.1, 0.15) is 5.56 Å². The zero-order valence-electron chi connectivity index (χ0n) is 12.1. The number of nitrogens with one attached hydrogen (secondary N) is 1. The predicted molar refractivity (Wildman–Crippen MR) is 84.0 cm³/mol. The van der Waals surface area contributed by atoms with Crippen molar-refractivity contribution in [2.75, 3.05) is 6.61 Å². The first-order valence-electron chi connectivity index (χ1n) is 6.76. The summed E-state index contributed by atoms with van der Waals surface area (Å²) in [6, 6.07) is 14.5. The molecule has 118 valence electrons. The van der Waals surface area contributed by atoms with Crippen LogP contribution in [0.15, 0.2) is 54.6 Å². The van der Waals surface area contributed by atoms with Crippen LogP contribution in [0, 0.1) is 0 Å². The maximum atomic E-state index is 10.9. The molecular weight excluding hydrogens is 298 g/mol. The summed E-state index contributed by atoms with van der Waals surface area (Å²) in [5, 5.41) is 17.0. The fourth-order valence-electron chi connectivity index (χ4n) is 1.88. The van der Waals surface area contributed by atoms with Gasteiger partial charge in [-0.15, -0.1) is 0 Å². The van der Waals surface area contributed by atoms with E-state index < -0.39 is 11.9 Å². The summed E-state index contributed by atoms with van der Waals surface area (Å²) in [5.74, 6) is -1.10. The average Bonchev–Trinajstić information content (AvgIpc) is 2.58. The Kier molecular flexibility index (Phi) is 5.49. The van der Waals surface area contributed by atoms with E-state index in [0.29, 0.717) is 5.75 Å². The van der Waals surface area contributed by atoms with Gasteiger partial charge in [0, 0.05) is 6.08 Å². The largest absolute Gasteiger partial charge is 0.484 e. The molecule has 0 bridgehead atoms. The summed E-state index contributed by atoms with van der Waals surface area (Å²) in [4.78, 5) is 21.3. The molecule has 0 aliphatic heterocycles. The maximum absolute atomic E-state index is 10.9. The highest BCUT2D eigenvalue weighted by Gasteiger charge is 2.02.